The second kappa shape index (κ2) is 7.07. The van der Waals surface area contributed by atoms with E-state index in [1.54, 1.807) is 46.0 Å². The number of nitrogens with zero attached hydrogens (tertiary/aromatic N) is 4. The van der Waals surface area contributed by atoms with Gasteiger partial charge in [-0.2, -0.15) is 10.2 Å². The van der Waals surface area contributed by atoms with Gasteiger partial charge in [0.05, 0.1) is 18.3 Å². The van der Waals surface area contributed by atoms with Crippen molar-refractivity contribution in [2.75, 3.05) is 5.32 Å². The van der Waals surface area contributed by atoms with Crippen molar-refractivity contribution in [1.82, 2.24) is 19.6 Å². The molecule has 6 nitrogen and oxygen atoms in total. The standard InChI is InChI=1S/C16H15Cl2N5O/c1-2-22-9-11(8-19-22)16(24)20-15-6-7-23(21-15)10-12-13(17)4-3-5-14(12)18/h3-9H,2,10H2,1H3,(H,20,21,24). The molecule has 1 N–H and O–H groups in total. The molecule has 8 heteroatoms. The molecule has 0 aliphatic rings. The van der Waals surface area contributed by atoms with Crippen molar-refractivity contribution in [3.63, 3.8) is 0 Å². The van der Waals surface area contributed by atoms with E-state index in [0.29, 0.717) is 34.5 Å². The number of nitrogens with one attached hydrogen (secondary N) is 1. The van der Waals surface area contributed by atoms with Crippen LogP contribution >= 0.6 is 23.2 Å². The molecule has 1 amide bonds. The molecule has 3 rings (SSSR count). The average Bonchev–Trinajstić information content (AvgIpc) is 3.20. The van der Waals surface area contributed by atoms with Gasteiger partial charge in [-0.3, -0.25) is 14.2 Å². The summed E-state index contributed by atoms with van der Waals surface area (Å²) in [5.41, 5.74) is 1.27. The third-order valence-corrected chi connectivity index (χ3v) is 4.19. The number of amides is 1. The number of rotatable bonds is 5. The van der Waals surface area contributed by atoms with Crippen LogP contribution in [0.5, 0.6) is 0 Å². The normalized spacial score (nSPS) is 10.8. The number of carbonyl (C=O) groups is 1. The van der Waals surface area contributed by atoms with Gasteiger partial charge in [0.15, 0.2) is 5.82 Å². The maximum Gasteiger partial charge on any atom is 0.260 e. The van der Waals surface area contributed by atoms with Crippen molar-refractivity contribution >= 4 is 34.9 Å². The average molecular weight is 364 g/mol. The zero-order valence-electron chi connectivity index (χ0n) is 12.9. The second-order valence-electron chi connectivity index (χ2n) is 5.14. The number of carbonyl (C=O) groups excluding carboxylic acids is 1. The van der Waals surface area contributed by atoms with Crippen LogP contribution in [0.25, 0.3) is 0 Å². The van der Waals surface area contributed by atoms with Gasteiger partial charge in [-0.1, -0.05) is 29.3 Å². The summed E-state index contributed by atoms with van der Waals surface area (Å²) in [6.45, 7) is 3.08. The first-order valence-electron chi connectivity index (χ1n) is 7.37. The fourth-order valence-electron chi connectivity index (χ4n) is 2.20. The molecule has 0 fully saturated rings. The molecule has 124 valence electrons. The van der Waals surface area contributed by atoms with Gasteiger partial charge in [0.2, 0.25) is 0 Å². The fourth-order valence-corrected chi connectivity index (χ4v) is 2.72. The van der Waals surface area contributed by atoms with E-state index in [-0.39, 0.29) is 5.91 Å². The van der Waals surface area contributed by atoms with Gasteiger partial charge in [0.25, 0.3) is 5.91 Å². The lowest BCUT2D eigenvalue weighted by atomic mass is 10.2. The van der Waals surface area contributed by atoms with Gasteiger partial charge in [-0.15, -0.1) is 0 Å². The Kier molecular flexibility index (Phi) is 4.87. The van der Waals surface area contributed by atoms with E-state index in [4.69, 9.17) is 23.2 Å². The minimum atomic E-state index is -0.254. The van der Waals surface area contributed by atoms with E-state index >= 15 is 0 Å². The number of aryl methyl sites for hydroxylation is 1. The Morgan fingerprint density at radius 1 is 1.21 bits per heavy atom. The fraction of sp³-hybridized carbons (Fsp3) is 0.188. The zero-order chi connectivity index (χ0) is 17.1. The molecule has 0 atom stereocenters. The molecular weight excluding hydrogens is 349 g/mol. The molecule has 0 radical (unpaired) electrons. The molecule has 1 aromatic carbocycles. The Hall–Kier alpha value is -2.31. The lowest BCUT2D eigenvalue weighted by molar-refractivity contribution is 0.102. The highest BCUT2D eigenvalue weighted by Gasteiger charge is 2.11. The molecule has 2 heterocycles. The smallest absolute Gasteiger partial charge is 0.260 e. The number of aromatic nitrogens is 4. The number of hydrogen-bond acceptors (Lipinski definition) is 3. The van der Waals surface area contributed by atoms with Crippen LogP contribution in [-0.2, 0) is 13.1 Å². The Morgan fingerprint density at radius 3 is 2.62 bits per heavy atom. The van der Waals surface area contributed by atoms with Crippen molar-refractivity contribution in [3.8, 4) is 0 Å². The highest BCUT2D eigenvalue weighted by molar-refractivity contribution is 6.35. The minimum Gasteiger partial charge on any atom is -0.305 e. The molecule has 0 unspecified atom stereocenters. The van der Waals surface area contributed by atoms with Crippen molar-refractivity contribution in [1.29, 1.82) is 0 Å². The summed E-state index contributed by atoms with van der Waals surface area (Å²) in [5, 5.41) is 12.3. The van der Waals surface area contributed by atoms with Crippen LogP contribution < -0.4 is 5.32 Å². The summed E-state index contributed by atoms with van der Waals surface area (Å²) in [5.74, 6) is 0.197. The first kappa shape index (κ1) is 16.5. The Bertz CT molecular complexity index is 851. The lowest BCUT2D eigenvalue weighted by Gasteiger charge is -2.06. The number of benzene rings is 1. The van der Waals surface area contributed by atoms with Crippen molar-refractivity contribution in [3.05, 3.63) is 64.0 Å². The lowest BCUT2D eigenvalue weighted by Crippen LogP contribution is -2.12. The molecule has 0 aliphatic carbocycles. The first-order valence-corrected chi connectivity index (χ1v) is 8.12. The van der Waals surface area contributed by atoms with Gasteiger partial charge < -0.3 is 5.32 Å². The highest BCUT2D eigenvalue weighted by Crippen LogP contribution is 2.25. The van der Waals surface area contributed by atoms with Gasteiger partial charge in [0, 0.05) is 40.6 Å². The maximum atomic E-state index is 12.2. The third kappa shape index (κ3) is 3.60. The molecular formula is C16H15Cl2N5O. The predicted octanol–water partition coefficient (Wildman–Crippen LogP) is 3.71. The van der Waals surface area contributed by atoms with Crippen LogP contribution in [0.4, 0.5) is 5.82 Å². The number of hydrogen-bond donors (Lipinski definition) is 1. The molecule has 0 spiro atoms. The summed E-state index contributed by atoms with van der Waals surface area (Å²) >= 11 is 12.3. The number of anilines is 1. The van der Waals surface area contributed by atoms with Crippen molar-refractivity contribution in [2.24, 2.45) is 0 Å². The van der Waals surface area contributed by atoms with E-state index in [2.05, 4.69) is 15.5 Å². The van der Waals surface area contributed by atoms with Gasteiger partial charge >= 0.3 is 0 Å². The van der Waals surface area contributed by atoms with E-state index in [0.717, 1.165) is 5.56 Å². The summed E-state index contributed by atoms with van der Waals surface area (Å²) < 4.78 is 3.35. The molecule has 0 saturated carbocycles. The van der Waals surface area contributed by atoms with Crippen LogP contribution in [0.1, 0.15) is 22.8 Å². The molecule has 24 heavy (non-hydrogen) atoms. The van der Waals surface area contributed by atoms with Crippen LogP contribution in [0.2, 0.25) is 10.0 Å². The van der Waals surface area contributed by atoms with E-state index in [1.165, 1.54) is 6.20 Å². The quantitative estimate of drug-likeness (QED) is 0.751. The first-order chi connectivity index (χ1) is 11.6. The number of halogens is 2. The van der Waals surface area contributed by atoms with Crippen LogP contribution in [0.15, 0.2) is 42.9 Å². The van der Waals surface area contributed by atoms with E-state index in [9.17, 15) is 4.79 Å². The van der Waals surface area contributed by atoms with Gasteiger partial charge in [0.1, 0.15) is 0 Å². The minimum absolute atomic E-state index is 0.254. The molecule has 0 aliphatic heterocycles. The Balaban J connectivity index is 1.70. The largest absolute Gasteiger partial charge is 0.305 e. The van der Waals surface area contributed by atoms with Crippen LogP contribution in [-0.4, -0.2) is 25.5 Å². The maximum absolute atomic E-state index is 12.2. The highest BCUT2D eigenvalue weighted by atomic mass is 35.5. The molecule has 0 bridgehead atoms. The second-order valence-corrected chi connectivity index (χ2v) is 5.95. The summed E-state index contributed by atoms with van der Waals surface area (Å²) in [4.78, 5) is 12.2. The zero-order valence-corrected chi connectivity index (χ0v) is 14.4. The monoisotopic (exact) mass is 363 g/mol. The van der Waals surface area contributed by atoms with Crippen molar-refractivity contribution < 1.29 is 4.79 Å². The summed E-state index contributed by atoms with van der Waals surface area (Å²) in [6.07, 6.45) is 4.97. The predicted molar refractivity (Wildman–Crippen MR) is 93.6 cm³/mol. The van der Waals surface area contributed by atoms with Gasteiger partial charge in [-0.05, 0) is 19.1 Å². The topological polar surface area (TPSA) is 64.7 Å². The van der Waals surface area contributed by atoms with Crippen LogP contribution in [0, 0.1) is 0 Å². The Labute approximate surface area is 149 Å². The molecule has 0 saturated heterocycles. The molecule has 3 aromatic rings. The van der Waals surface area contributed by atoms with E-state index < -0.39 is 0 Å². The summed E-state index contributed by atoms with van der Waals surface area (Å²) in [7, 11) is 0. The van der Waals surface area contributed by atoms with Crippen LogP contribution in [0.3, 0.4) is 0 Å². The molecule has 2 aromatic heterocycles. The SMILES string of the molecule is CCn1cc(C(=O)Nc2ccn(Cc3c(Cl)cccc3Cl)n2)cn1. The Morgan fingerprint density at radius 2 is 1.96 bits per heavy atom. The van der Waals surface area contributed by atoms with Gasteiger partial charge in [-0.25, -0.2) is 0 Å². The van der Waals surface area contributed by atoms with E-state index in [1.807, 2.05) is 6.92 Å². The third-order valence-electron chi connectivity index (χ3n) is 3.48. The summed E-state index contributed by atoms with van der Waals surface area (Å²) in [6, 6.07) is 7.06. The van der Waals surface area contributed by atoms with Crippen molar-refractivity contribution in [2.45, 2.75) is 20.0 Å².